The Morgan fingerprint density at radius 3 is 1.07 bits per heavy atom. The number of aliphatic hydroxyl groups is 3. The Morgan fingerprint density at radius 2 is 0.732 bits per heavy atom. The van der Waals surface area contributed by atoms with E-state index in [1.165, 1.54) is 205 Å². The van der Waals surface area contributed by atoms with Crippen LogP contribution in [-0.4, -0.2) is 46.1 Å². The molecule has 0 aromatic heterocycles. The molecule has 0 fully saturated rings. The second kappa shape index (κ2) is 46.5. The molecule has 332 valence electrons. The Balaban J connectivity index is 3.51. The molecule has 0 aliphatic heterocycles. The molecule has 4 N–H and O–H groups in total. The van der Waals surface area contributed by atoms with Crippen LogP contribution in [0.3, 0.4) is 0 Å². The quantitative estimate of drug-likeness (QED) is 0.0365. The highest BCUT2D eigenvalue weighted by atomic mass is 16.3. The molecule has 5 heteroatoms. The van der Waals surface area contributed by atoms with Crippen molar-refractivity contribution < 1.29 is 20.1 Å². The fourth-order valence-corrected chi connectivity index (χ4v) is 7.87. The summed E-state index contributed by atoms with van der Waals surface area (Å²) in [4.78, 5) is 12.5. The lowest BCUT2D eigenvalue weighted by Crippen LogP contribution is -2.49. The van der Waals surface area contributed by atoms with Gasteiger partial charge in [0, 0.05) is 0 Å². The van der Waals surface area contributed by atoms with Gasteiger partial charge in [0.15, 0.2) is 0 Å². The first-order valence-corrected chi connectivity index (χ1v) is 25.1. The molecule has 0 spiro atoms. The van der Waals surface area contributed by atoms with Gasteiger partial charge in [-0.1, -0.05) is 250 Å². The van der Waals surface area contributed by atoms with Crippen molar-refractivity contribution >= 4 is 5.91 Å². The molecule has 0 bridgehead atoms. The van der Waals surface area contributed by atoms with Crippen LogP contribution in [-0.2, 0) is 4.79 Å². The summed E-state index contributed by atoms with van der Waals surface area (Å²) in [6, 6.07) is -0.709. The predicted molar refractivity (Wildman–Crippen MR) is 245 cm³/mol. The van der Waals surface area contributed by atoms with Crippen LogP contribution in [0.1, 0.15) is 271 Å². The molecule has 0 aromatic carbocycles. The summed E-state index contributed by atoms with van der Waals surface area (Å²) in [6.45, 7) is 4.24. The van der Waals surface area contributed by atoms with Gasteiger partial charge in [-0.3, -0.25) is 4.79 Å². The lowest BCUT2D eigenvalue weighted by atomic mass is 10.0. The summed E-state index contributed by atoms with van der Waals surface area (Å²) in [5.41, 5.74) is 0. The molecule has 56 heavy (non-hydrogen) atoms. The van der Waals surface area contributed by atoms with Gasteiger partial charge in [-0.25, -0.2) is 0 Å². The Kier molecular flexibility index (Phi) is 45.5. The molecule has 0 aromatic rings. The minimum absolute atomic E-state index is 0.312. The Hall–Kier alpha value is -1.17. The zero-order chi connectivity index (χ0) is 40.8. The number of amides is 1. The third-order valence-electron chi connectivity index (χ3n) is 11.8. The topological polar surface area (TPSA) is 89.8 Å². The van der Waals surface area contributed by atoms with Crippen LogP contribution in [0, 0.1) is 0 Å². The second-order valence-electron chi connectivity index (χ2n) is 17.4. The third-order valence-corrected chi connectivity index (χ3v) is 11.8. The zero-order valence-corrected chi connectivity index (χ0v) is 37.8. The maximum absolute atomic E-state index is 12.5. The van der Waals surface area contributed by atoms with E-state index >= 15 is 0 Å². The van der Waals surface area contributed by atoms with Crippen LogP contribution in [0.4, 0.5) is 0 Å². The van der Waals surface area contributed by atoms with Crippen LogP contribution in [0.15, 0.2) is 24.3 Å². The largest absolute Gasteiger partial charge is 0.394 e. The van der Waals surface area contributed by atoms with Gasteiger partial charge >= 0.3 is 0 Å². The number of rotatable bonds is 46. The minimum atomic E-state index is -1.07. The normalized spacial score (nSPS) is 13.6. The van der Waals surface area contributed by atoms with Gasteiger partial charge in [-0.05, 0) is 44.9 Å². The number of allylic oxidation sites excluding steroid dienone is 4. The van der Waals surface area contributed by atoms with E-state index in [4.69, 9.17) is 0 Å². The first-order valence-electron chi connectivity index (χ1n) is 25.1. The fraction of sp³-hybridized carbons (Fsp3) is 0.902. The number of unbranched alkanes of at least 4 members (excludes halogenated alkanes) is 34. The number of aliphatic hydroxyl groups excluding tert-OH is 3. The number of carbonyl (C=O) groups is 1. The average molecular weight is 790 g/mol. The maximum atomic E-state index is 12.5. The lowest BCUT2D eigenvalue weighted by Gasteiger charge is -2.23. The van der Waals surface area contributed by atoms with E-state index in [1.807, 2.05) is 0 Å². The van der Waals surface area contributed by atoms with Crippen molar-refractivity contribution in [1.29, 1.82) is 0 Å². The van der Waals surface area contributed by atoms with Crippen molar-refractivity contribution in [1.82, 2.24) is 5.32 Å². The second-order valence-corrected chi connectivity index (χ2v) is 17.4. The third kappa shape index (κ3) is 41.0. The van der Waals surface area contributed by atoms with Gasteiger partial charge in [-0.2, -0.15) is 0 Å². The number of nitrogens with one attached hydrogen (secondary N) is 1. The van der Waals surface area contributed by atoms with E-state index in [0.29, 0.717) is 12.8 Å². The van der Waals surface area contributed by atoms with Crippen molar-refractivity contribution in [2.24, 2.45) is 0 Å². The van der Waals surface area contributed by atoms with Gasteiger partial charge < -0.3 is 20.6 Å². The zero-order valence-electron chi connectivity index (χ0n) is 37.8. The van der Waals surface area contributed by atoms with E-state index in [9.17, 15) is 20.1 Å². The standard InChI is InChI=1S/C51H99NO4/c1-3-5-7-9-11-13-15-17-18-19-20-21-22-23-24-25-26-27-28-29-30-31-32-33-34-36-38-40-42-44-46-50(55)51(56)52-48(47-53)49(54)45-43-41-39-37-35-16-14-12-10-8-6-4-2/h20-21,23-24,48-50,53-55H,3-19,22,25-47H2,1-2H3,(H,52,56)/b21-20-,24-23-. The van der Waals surface area contributed by atoms with Crippen molar-refractivity contribution in [3.05, 3.63) is 24.3 Å². The van der Waals surface area contributed by atoms with E-state index in [-0.39, 0.29) is 6.61 Å². The minimum Gasteiger partial charge on any atom is -0.394 e. The van der Waals surface area contributed by atoms with E-state index in [2.05, 4.69) is 43.5 Å². The molecule has 0 rings (SSSR count). The monoisotopic (exact) mass is 790 g/mol. The average Bonchev–Trinajstić information content (AvgIpc) is 3.20. The Bertz CT molecular complexity index is 829. The molecule has 3 unspecified atom stereocenters. The molecule has 0 saturated carbocycles. The van der Waals surface area contributed by atoms with Crippen LogP contribution >= 0.6 is 0 Å². The number of hydrogen-bond donors (Lipinski definition) is 4. The van der Waals surface area contributed by atoms with Gasteiger partial charge in [0.05, 0.1) is 18.8 Å². The molecule has 5 nitrogen and oxygen atoms in total. The molecular formula is C51H99NO4. The molecular weight excluding hydrogens is 691 g/mol. The van der Waals surface area contributed by atoms with Gasteiger partial charge in [0.2, 0.25) is 5.91 Å². The highest BCUT2D eigenvalue weighted by molar-refractivity contribution is 5.80. The summed E-state index contributed by atoms with van der Waals surface area (Å²) in [5.74, 6) is -0.469. The van der Waals surface area contributed by atoms with Gasteiger partial charge in [0.1, 0.15) is 6.10 Å². The summed E-state index contributed by atoms with van der Waals surface area (Å²) in [7, 11) is 0. The molecule has 0 heterocycles. The summed E-state index contributed by atoms with van der Waals surface area (Å²) in [5, 5.41) is 33.3. The molecule has 0 aliphatic carbocycles. The SMILES string of the molecule is CCCCCCCCCCC/C=C\C/C=C\CCCCCCCCCCCCCCCCC(O)C(=O)NC(CO)C(O)CCCCCCCCCCCCCC. The smallest absolute Gasteiger partial charge is 0.249 e. The van der Waals surface area contributed by atoms with Gasteiger partial charge in [-0.15, -0.1) is 0 Å². The van der Waals surface area contributed by atoms with Crippen molar-refractivity contribution in [3.8, 4) is 0 Å². The van der Waals surface area contributed by atoms with Crippen molar-refractivity contribution in [2.45, 2.75) is 289 Å². The van der Waals surface area contributed by atoms with Crippen LogP contribution in [0.25, 0.3) is 0 Å². The predicted octanol–water partition coefficient (Wildman–Crippen LogP) is 14.9. The van der Waals surface area contributed by atoms with Crippen molar-refractivity contribution in [2.75, 3.05) is 6.61 Å². The Morgan fingerprint density at radius 1 is 0.429 bits per heavy atom. The first kappa shape index (κ1) is 54.8. The van der Waals surface area contributed by atoms with Crippen LogP contribution < -0.4 is 5.32 Å². The van der Waals surface area contributed by atoms with E-state index in [0.717, 1.165) is 38.5 Å². The van der Waals surface area contributed by atoms with Gasteiger partial charge in [0.25, 0.3) is 0 Å². The number of carbonyl (C=O) groups excluding carboxylic acids is 1. The lowest BCUT2D eigenvalue weighted by molar-refractivity contribution is -0.131. The van der Waals surface area contributed by atoms with E-state index < -0.39 is 24.2 Å². The first-order chi connectivity index (χ1) is 27.6. The summed E-state index contributed by atoms with van der Waals surface area (Å²) in [6.07, 6.45) is 57.8. The van der Waals surface area contributed by atoms with Crippen LogP contribution in [0.5, 0.6) is 0 Å². The molecule has 1 amide bonds. The molecule has 0 radical (unpaired) electrons. The molecule has 3 atom stereocenters. The highest BCUT2D eigenvalue weighted by Gasteiger charge is 2.23. The highest BCUT2D eigenvalue weighted by Crippen LogP contribution is 2.17. The summed E-state index contributed by atoms with van der Waals surface area (Å²) < 4.78 is 0. The molecule has 0 aliphatic rings. The number of hydrogen-bond acceptors (Lipinski definition) is 4. The summed E-state index contributed by atoms with van der Waals surface area (Å²) >= 11 is 0. The fourth-order valence-electron chi connectivity index (χ4n) is 7.87. The van der Waals surface area contributed by atoms with E-state index in [1.54, 1.807) is 0 Å². The van der Waals surface area contributed by atoms with Crippen LogP contribution in [0.2, 0.25) is 0 Å². The van der Waals surface area contributed by atoms with Crippen molar-refractivity contribution in [3.63, 3.8) is 0 Å². The Labute approximate surface area is 350 Å². The maximum Gasteiger partial charge on any atom is 0.249 e. The molecule has 0 saturated heterocycles.